The van der Waals surface area contributed by atoms with Crippen molar-refractivity contribution in [2.45, 2.75) is 19.9 Å². The molecule has 1 aromatic rings. The predicted molar refractivity (Wildman–Crippen MR) is 76.7 cm³/mol. The van der Waals surface area contributed by atoms with Gasteiger partial charge in [-0.2, -0.15) is 0 Å². The lowest BCUT2D eigenvalue weighted by atomic mass is 10.1. The van der Waals surface area contributed by atoms with Gasteiger partial charge in [0.15, 0.2) is 0 Å². The van der Waals surface area contributed by atoms with Gasteiger partial charge in [0.25, 0.3) is 0 Å². The Bertz CT molecular complexity index is 481. The third kappa shape index (κ3) is 4.21. The van der Waals surface area contributed by atoms with Crippen molar-refractivity contribution in [1.29, 1.82) is 0 Å². The average Bonchev–Trinajstić information content (AvgIpc) is 3.03. The quantitative estimate of drug-likeness (QED) is 0.799. The summed E-state index contributed by atoms with van der Waals surface area (Å²) in [7, 11) is 2.13. The maximum Gasteiger partial charge on any atom is 0.328 e. The number of hydrogen-bond acceptors (Lipinski definition) is 2. The summed E-state index contributed by atoms with van der Waals surface area (Å²) in [4.78, 5) is 12.9. The summed E-state index contributed by atoms with van der Waals surface area (Å²) in [6, 6.07) is 7.96. The lowest BCUT2D eigenvalue weighted by Crippen LogP contribution is -2.21. The van der Waals surface area contributed by atoms with Crippen molar-refractivity contribution in [3.05, 3.63) is 41.5 Å². The maximum absolute atomic E-state index is 10.6. The largest absolute Gasteiger partial charge is 0.478 e. The Kier molecular flexibility index (Phi) is 4.38. The molecule has 1 fully saturated rings. The van der Waals surface area contributed by atoms with Crippen LogP contribution in [0.25, 0.3) is 6.08 Å². The van der Waals surface area contributed by atoms with Crippen molar-refractivity contribution in [1.82, 2.24) is 4.90 Å². The normalized spacial score (nSPS) is 22.1. The van der Waals surface area contributed by atoms with Gasteiger partial charge in [-0.05, 0) is 42.5 Å². The monoisotopic (exact) mass is 259 g/mol. The fourth-order valence-electron chi connectivity index (χ4n) is 2.41. The molecule has 0 spiro atoms. The van der Waals surface area contributed by atoms with Gasteiger partial charge in [-0.25, -0.2) is 4.79 Å². The van der Waals surface area contributed by atoms with Crippen LogP contribution in [0.1, 0.15) is 24.5 Å². The molecule has 102 valence electrons. The number of carbonyl (C=O) groups is 1. The van der Waals surface area contributed by atoms with Crippen molar-refractivity contribution < 1.29 is 9.90 Å². The van der Waals surface area contributed by atoms with Crippen LogP contribution in [0.5, 0.6) is 0 Å². The van der Waals surface area contributed by atoms with Crippen molar-refractivity contribution in [2.75, 3.05) is 13.6 Å². The Morgan fingerprint density at radius 3 is 2.79 bits per heavy atom. The summed E-state index contributed by atoms with van der Waals surface area (Å²) in [5.74, 6) is 0.797. The van der Waals surface area contributed by atoms with Crippen LogP contribution in [-0.4, -0.2) is 29.6 Å². The molecule has 1 saturated carbocycles. The van der Waals surface area contributed by atoms with Crippen LogP contribution >= 0.6 is 0 Å². The Morgan fingerprint density at radius 1 is 1.47 bits per heavy atom. The zero-order valence-electron chi connectivity index (χ0n) is 11.5. The molecule has 1 aromatic carbocycles. The molecule has 2 atom stereocenters. The Labute approximate surface area is 114 Å². The molecule has 0 saturated heterocycles. The number of carboxylic acid groups (broad SMARTS) is 1. The minimum Gasteiger partial charge on any atom is -0.478 e. The third-order valence-corrected chi connectivity index (χ3v) is 3.72. The molecule has 0 aromatic heterocycles. The molecule has 2 unspecified atom stereocenters. The molecular weight excluding hydrogens is 238 g/mol. The van der Waals surface area contributed by atoms with Crippen LogP contribution in [0.2, 0.25) is 0 Å². The van der Waals surface area contributed by atoms with Crippen LogP contribution in [0, 0.1) is 11.8 Å². The number of nitrogens with zero attached hydrogens (tertiary/aromatic N) is 1. The Morgan fingerprint density at radius 2 is 2.16 bits per heavy atom. The second-order valence-electron chi connectivity index (χ2n) is 5.54. The summed E-state index contributed by atoms with van der Waals surface area (Å²) in [6.07, 6.45) is 4.21. The van der Waals surface area contributed by atoms with E-state index in [0.717, 1.165) is 30.5 Å². The van der Waals surface area contributed by atoms with Crippen molar-refractivity contribution >= 4 is 12.0 Å². The fourth-order valence-corrected chi connectivity index (χ4v) is 2.41. The number of hydrogen-bond donors (Lipinski definition) is 1. The number of benzene rings is 1. The van der Waals surface area contributed by atoms with Gasteiger partial charge in [0.05, 0.1) is 0 Å². The van der Waals surface area contributed by atoms with E-state index in [9.17, 15) is 4.79 Å². The predicted octanol–water partition coefficient (Wildman–Crippen LogP) is 2.87. The summed E-state index contributed by atoms with van der Waals surface area (Å²) in [6.45, 7) is 4.28. The van der Waals surface area contributed by atoms with Gasteiger partial charge >= 0.3 is 5.97 Å². The van der Waals surface area contributed by atoms with Crippen LogP contribution in [0.3, 0.4) is 0 Å². The molecule has 3 nitrogen and oxygen atoms in total. The molecule has 0 aliphatic heterocycles. The first-order chi connectivity index (χ1) is 9.06. The van der Waals surface area contributed by atoms with E-state index in [2.05, 4.69) is 24.9 Å². The third-order valence-electron chi connectivity index (χ3n) is 3.72. The van der Waals surface area contributed by atoms with Crippen molar-refractivity contribution in [3.8, 4) is 0 Å². The number of rotatable bonds is 6. The maximum atomic E-state index is 10.6. The summed E-state index contributed by atoms with van der Waals surface area (Å²) in [5.41, 5.74) is 2.16. The highest BCUT2D eigenvalue weighted by Crippen LogP contribution is 2.38. The number of aliphatic carboxylic acids is 1. The van der Waals surface area contributed by atoms with E-state index in [1.54, 1.807) is 6.08 Å². The molecule has 1 N–H and O–H groups in total. The zero-order valence-corrected chi connectivity index (χ0v) is 11.5. The van der Waals surface area contributed by atoms with Gasteiger partial charge in [-0.15, -0.1) is 0 Å². The Hall–Kier alpha value is -1.61. The molecule has 3 heteroatoms. The van der Waals surface area contributed by atoms with Gasteiger partial charge in [0, 0.05) is 19.2 Å². The lowest BCUT2D eigenvalue weighted by molar-refractivity contribution is -0.131. The van der Waals surface area contributed by atoms with Crippen molar-refractivity contribution in [3.63, 3.8) is 0 Å². The first kappa shape index (κ1) is 13.8. The standard InChI is InChI=1S/C16H21NO2/c1-12-9-15(12)11-17(2)10-14-6-4-3-5-13(14)7-8-16(18)19/h3-8,12,15H,9-11H2,1-2H3,(H,18,19). The molecule has 1 aliphatic carbocycles. The highest BCUT2D eigenvalue weighted by atomic mass is 16.4. The highest BCUT2D eigenvalue weighted by Gasteiger charge is 2.32. The van der Waals surface area contributed by atoms with Gasteiger partial charge in [-0.3, -0.25) is 0 Å². The molecule has 2 rings (SSSR count). The number of carboxylic acids is 1. The lowest BCUT2D eigenvalue weighted by Gasteiger charge is -2.18. The molecule has 19 heavy (non-hydrogen) atoms. The van der Waals surface area contributed by atoms with Gasteiger partial charge in [-0.1, -0.05) is 31.2 Å². The van der Waals surface area contributed by atoms with E-state index < -0.39 is 5.97 Å². The van der Waals surface area contributed by atoms with E-state index in [-0.39, 0.29) is 0 Å². The van der Waals surface area contributed by atoms with Crippen LogP contribution in [-0.2, 0) is 11.3 Å². The molecular formula is C16H21NO2. The molecule has 0 bridgehead atoms. The SMILES string of the molecule is CC1CC1CN(C)Cc1ccccc1C=CC(=O)O. The van der Waals surface area contributed by atoms with E-state index >= 15 is 0 Å². The second kappa shape index (κ2) is 6.02. The first-order valence-electron chi connectivity index (χ1n) is 6.73. The zero-order chi connectivity index (χ0) is 13.8. The molecule has 0 amide bonds. The summed E-state index contributed by atoms with van der Waals surface area (Å²) < 4.78 is 0. The first-order valence-corrected chi connectivity index (χ1v) is 6.73. The van der Waals surface area contributed by atoms with E-state index in [0.29, 0.717) is 0 Å². The fraction of sp³-hybridized carbons (Fsp3) is 0.438. The topological polar surface area (TPSA) is 40.5 Å². The van der Waals surface area contributed by atoms with Crippen LogP contribution < -0.4 is 0 Å². The highest BCUT2D eigenvalue weighted by molar-refractivity contribution is 5.85. The van der Waals surface area contributed by atoms with E-state index in [1.807, 2.05) is 18.2 Å². The minimum absolute atomic E-state index is 0.840. The second-order valence-corrected chi connectivity index (χ2v) is 5.54. The van der Waals surface area contributed by atoms with Gasteiger partial charge in [0.2, 0.25) is 0 Å². The summed E-state index contributed by atoms with van der Waals surface area (Å²) in [5, 5.41) is 8.71. The Balaban J connectivity index is 2.00. The van der Waals surface area contributed by atoms with Gasteiger partial charge < -0.3 is 10.0 Å². The average molecular weight is 259 g/mol. The van der Waals surface area contributed by atoms with Crippen LogP contribution in [0.4, 0.5) is 0 Å². The van der Waals surface area contributed by atoms with E-state index in [4.69, 9.17) is 5.11 Å². The molecule has 1 aliphatic rings. The minimum atomic E-state index is -0.907. The van der Waals surface area contributed by atoms with E-state index in [1.165, 1.54) is 18.1 Å². The van der Waals surface area contributed by atoms with Crippen LogP contribution in [0.15, 0.2) is 30.3 Å². The molecule has 0 radical (unpaired) electrons. The van der Waals surface area contributed by atoms with Gasteiger partial charge in [0.1, 0.15) is 0 Å². The van der Waals surface area contributed by atoms with Crippen molar-refractivity contribution in [2.24, 2.45) is 11.8 Å². The molecule has 0 heterocycles. The summed E-state index contributed by atoms with van der Waals surface area (Å²) >= 11 is 0. The smallest absolute Gasteiger partial charge is 0.328 e.